The fourth-order valence-corrected chi connectivity index (χ4v) is 2.29. The van der Waals surface area contributed by atoms with Crippen LogP contribution in [0.25, 0.3) is 10.9 Å². The number of rotatable bonds is 3. The average Bonchev–Trinajstić information content (AvgIpc) is 2.54. The van der Waals surface area contributed by atoms with Gasteiger partial charge in [0.1, 0.15) is 12.1 Å². The standard InChI is InChI=1S/C16H10F3N3O2.ClH/c17-16(18,19)9-3-1-4-10(7-9)22-14-13-11(15(23)24)5-2-6-12(13)20-8-21-14;/h1-8H,(H,23,24)(H,20,21,22);1H. The summed E-state index contributed by atoms with van der Waals surface area (Å²) >= 11 is 0. The van der Waals surface area contributed by atoms with Crippen LogP contribution in [-0.4, -0.2) is 21.0 Å². The van der Waals surface area contributed by atoms with Crippen molar-refractivity contribution in [3.63, 3.8) is 0 Å². The van der Waals surface area contributed by atoms with Crippen LogP contribution < -0.4 is 5.32 Å². The smallest absolute Gasteiger partial charge is 0.416 e. The van der Waals surface area contributed by atoms with Crippen molar-refractivity contribution in [1.29, 1.82) is 0 Å². The molecule has 0 radical (unpaired) electrons. The molecule has 9 heteroatoms. The van der Waals surface area contributed by atoms with Crippen LogP contribution in [0.5, 0.6) is 0 Å². The van der Waals surface area contributed by atoms with Crippen molar-refractivity contribution in [2.75, 3.05) is 5.32 Å². The van der Waals surface area contributed by atoms with Crippen molar-refractivity contribution in [2.45, 2.75) is 6.18 Å². The summed E-state index contributed by atoms with van der Waals surface area (Å²) in [5.41, 5.74) is -0.337. The van der Waals surface area contributed by atoms with Crippen LogP contribution in [-0.2, 0) is 6.18 Å². The SMILES string of the molecule is Cl.O=C(O)c1cccc2ncnc(Nc3cccc(C(F)(F)F)c3)c12. The van der Waals surface area contributed by atoms with Gasteiger partial charge < -0.3 is 10.4 Å². The zero-order chi connectivity index (χ0) is 17.3. The molecule has 0 aliphatic carbocycles. The summed E-state index contributed by atoms with van der Waals surface area (Å²) in [6.07, 6.45) is -3.26. The number of carboxylic acids is 1. The largest absolute Gasteiger partial charge is 0.478 e. The average molecular weight is 370 g/mol. The van der Waals surface area contributed by atoms with Gasteiger partial charge in [0.2, 0.25) is 0 Å². The van der Waals surface area contributed by atoms with E-state index in [0.717, 1.165) is 12.1 Å². The number of anilines is 2. The van der Waals surface area contributed by atoms with Crippen LogP contribution in [0.3, 0.4) is 0 Å². The van der Waals surface area contributed by atoms with Gasteiger partial charge in [-0.25, -0.2) is 14.8 Å². The molecule has 1 heterocycles. The third kappa shape index (κ3) is 3.80. The van der Waals surface area contributed by atoms with Gasteiger partial charge in [-0.05, 0) is 30.3 Å². The zero-order valence-electron chi connectivity index (χ0n) is 12.4. The molecule has 0 saturated heterocycles. The minimum atomic E-state index is -4.47. The number of fused-ring (bicyclic) bond motifs is 1. The van der Waals surface area contributed by atoms with E-state index < -0.39 is 17.7 Å². The van der Waals surface area contributed by atoms with Gasteiger partial charge in [-0.1, -0.05) is 12.1 Å². The van der Waals surface area contributed by atoms with Crippen LogP contribution >= 0.6 is 12.4 Å². The number of carbonyl (C=O) groups is 1. The highest BCUT2D eigenvalue weighted by atomic mass is 35.5. The van der Waals surface area contributed by atoms with E-state index in [1.165, 1.54) is 30.6 Å². The van der Waals surface area contributed by atoms with Crippen LogP contribution in [0, 0.1) is 0 Å². The number of aromatic carboxylic acids is 1. The first-order chi connectivity index (χ1) is 11.4. The van der Waals surface area contributed by atoms with Gasteiger partial charge in [-0.3, -0.25) is 0 Å². The van der Waals surface area contributed by atoms with Gasteiger partial charge in [0.25, 0.3) is 0 Å². The maximum atomic E-state index is 12.8. The summed E-state index contributed by atoms with van der Waals surface area (Å²) in [5.74, 6) is -1.06. The Bertz CT molecular complexity index is 927. The molecule has 2 aromatic carbocycles. The quantitative estimate of drug-likeness (QED) is 0.710. The number of nitrogens with one attached hydrogen (secondary N) is 1. The number of carboxylic acid groups (broad SMARTS) is 1. The lowest BCUT2D eigenvalue weighted by Crippen LogP contribution is -2.06. The molecule has 0 spiro atoms. The Morgan fingerprint density at radius 2 is 1.80 bits per heavy atom. The molecule has 0 amide bonds. The number of nitrogens with zero attached hydrogens (tertiary/aromatic N) is 2. The first kappa shape index (κ1) is 18.5. The monoisotopic (exact) mass is 369 g/mol. The van der Waals surface area contributed by atoms with Gasteiger partial charge in [0, 0.05) is 5.69 Å². The van der Waals surface area contributed by atoms with E-state index in [-0.39, 0.29) is 34.9 Å². The fraction of sp³-hybridized carbons (Fsp3) is 0.0625. The molecule has 1 aromatic heterocycles. The minimum Gasteiger partial charge on any atom is -0.478 e. The third-order valence-corrected chi connectivity index (χ3v) is 3.35. The second-order valence-electron chi connectivity index (χ2n) is 4.93. The summed E-state index contributed by atoms with van der Waals surface area (Å²) in [6, 6.07) is 9.08. The lowest BCUT2D eigenvalue weighted by molar-refractivity contribution is -0.137. The molecule has 0 atom stereocenters. The Kier molecular flexibility index (Phi) is 5.13. The normalized spacial score (nSPS) is 11.0. The molecular formula is C16H11ClF3N3O2. The van der Waals surface area contributed by atoms with Gasteiger partial charge in [0.05, 0.1) is 22.0 Å². The van der Waals surface area contributed by atoms with Crippen molar-refractivity contribution in [3.8, 4) is 0 Å². The van der Waals surface area contributed by atoms with E-state index in [9.17, 15) is 23.1 Å². The molecule has 2 N–H and O–H groups in total. The molecule has 130 valence electrons. The molecule has 3 aromatic rings. The summed E-state index contributed by atoms with van der Waals surface area (Å²) < 4.78 is 38.4. The Labute approximate surface area is 145 Å². The molecule has 0 aliphatic rings. The number of hydrogen-bond acceptors (Lipinski definition) is 4. The van der Waals surface area contributed by atoms with Crippen LogP contribution in [0.2, 0.25) is 0 Å². The molecule has 0 aliphatic heterocycles. The van der Waals surface area contributed by atoms with Crippen molar-refractivity contribution in [2.24, 2.45) is 0 Å². The highest BCUT2D eigenvalue weighted by Gasteiger charge is 2.30. The molecule has 0 saturated carbocycles. The Morgan fingerprint density at radius 1 is 1.08 bits per heavy atom. The molecule has 0 fully saturated rings. The molecule has 5 nitrogen and oxygen atoms in total. The lowest BCUT2D eigenvalue weighted by Gasteiger charge is -2.12. The van der Waals surface area contributed by atoms with Crippen LogP contribution in [0.1, 0.15) is 15.9 Å². The first-order valence-electron chi connectivity index (χ1n) is 6.77. The number of halogens is 4. The maximum absolute atomic E-state index is 12.8. The second-order valence-corrected chi connectivity index (χ2v) is 4.93. The van der Waals surface area contributed by atoms with Crippen molar-refractivity contribution < 1.29 is 23.1 Å². The summed E-state index contributed by atoms with van der Waals surface area (Å²) in [5, 5.41) is 12.3. The number of aromatic nitrogens is 2. The Morgan fingerprint density at radius 3 is 2.48 bits per heavy atom. The third-order valence-electron chi connectivity index (χ3n) is 3.35. The van der Waals surface area contributed by atoms with Crippen molar-refractivity contribution >= 4 is 40.8 Å². The summed E-state index contributed by atoms with van der Waals surface area (Å²) in [7, 11) is 0. The highest BCUT2D eigenvalue weighted by Crippen LogP contribution is 2.32. The van der Waals surface area contributed by atoms with E-state index in [1.54, 1.807) is 6.07 Å². The van der Waals surface area contributed by atoms with Gasteiger partial charge in [-0.15, -0.1) is 12.4 Å². The van der Waals surface area contributed by atoms with Crippen molar-refractivity contribution in [3.05, 3.63) is 59.9 Å². The minimum absolute atomic E-state index is 0. The van der Waals surface area contributed by atoms with Crippen LogP contribution in [0.15, 0.2) is 48.8 Å². The van der Waals surface area contributed by atoms with E-state index in [0.29, 0.717) is 5.52 Å². The molecule has 0 bridgehead atoms. The number of alkyl halides is 3. The highest BCUT2D eigenvalue weighted by molar-refractivity contribution is 6.07. The predicted molar refractivity (Wildman–Crippen MR) is 88.5 cm³/mol. The molecule has 25 heavy (non-hydrogen) atoms. The van der Waals surface area contributed by atoms with E-state index in [4.69, 9.17) is 0 Å². The first-order valence-corrected chi connectivity index (χ1v) is 6.77. The van der Waals surface area contributed by atoms with E-state index in [2.05, 4.69) is 15.3 Å². The zero-order valence-corrected chi connectivity index (χ0v) is 13.2. The van der Waals surface area contributed by atoms with E-state index in [1.807, 2.05) is 0 Å². The Balaban J connectivity index is 0.00000225. The number of benzene rings is 2. The molecule has 0 unspecified atom stereocenters. The number of hydrogen-bond donors (Lipinski definition) is 2. The summed E-state index contributed by atoms with van der Waals surface area (Å²) in [6.45, 7) is 0. The molecular weight excluding hydrogens is 359 g/mol. The van der Waals surface area contributed by atoms with Gasteiger partial charge >= 0.3 is 12.1 Å². The van der Waals surface area contributed by atoms with E-state index >= 15 is 0 Å². The molecule has 3 rings (SSSR count). The maximum Gasteiger partial charge on any atom is 0.416 e. The predicted octanol–water partition coefficient (Wildman–Crippen LogP) is 4.51. The Hall–Kier alpha value is -2.87. The van der Waals surface area contributed by atoms with Crippen molar-refractivity contribution in [1.82, 2.24) is 9.97 Å². The van der Waals surface area contributed by atoms with Crippen LogP contribution in [0.4, 0.5) is 24.7 Å². The van der Waals surface area contributed by atoms with Gasteiger partial charge in [0.15, 0.2) is 0 Å². The lowest BCUT2D eigenvalue weighted by atomic mass is 10.1. The summed E-state index contributed by atoms with van der Waals surface area (Å²) in [4.78, 5) is 19.3. The topological polar surface area (TPSA) is 75.1 Å². The van der Waals surface area contributed by atoms with Gasteiger partial charge in [-0.2, -0.15) is 13.2 Å². The second kappa shape index (κ2) is 6.94. The fourth-order valence-electron chi connectivity index (χ4n) is 2.29.